The first-order valence-electron chi connectivity index (χ1n) is 7.35. The summed E-state index contributed by atoms with van der Waals surface area (Å²) in [5.41, 5.74) is 1.68. The lowest BCUT2D eigenvalue weighted by molar-refractivity contribution is 0.358. The lowest BCUT2D eigenvalue weighted by Crippen LogP contribution is -2.26. The highest BCUT2D eigenvalue weighted by molar-refractivity contribution is 7.92. The summed E-state index contributed by atoms with van der Waals surface area (Å²) in [6.07, 6.45) is 5.04. The van der Waals surface area contributed by atoms with Crippen LogP contribution in [0.2, 0.25) is 0 Å². The maximum Gasteiger partial charge on any atom is 0.232 e. The van der Waals surface area contributed by atoms with E-state index in [0.717, 1.165) is 11.6 Å². The molecular weight excluding hydrogens is 272 g/mol. The van der Waals surface area contributed by atoms with Crippen LogP contribution in [0.1, 0.15) is 39.5 Å². The molecule has 2 unspecified atom stereocenters. The van der Waals surface area contributed by atoms with Gasteiger partial charge in [0.05, 0.1) is 5.75 Å². The third kappa shape index (κ3) is 4.40. The zero-order chi connectivity index (χ0) is 14.6. The Morgan fingerprint density at radius 1 is 1.15 bits per heavy atom. The quantitative estimate of drug-likeness (QED) is 0.875. The number of hydrogen-bond donors (Lipinski definition) is 2. The number of benzene rings is 1. The predicted octanol–water partition coefficient (Wildman–Crippen LogP) is 3.44. The molecule has 1 aliphatic rings. The van der Waals surface area contributed by atoms with Gasteiger partial charge in [-0.2, -0.15) is 0 Å². The van der Waals surface area contributed by atoms with Crippen LogP contribution >= 0.6 is 0 Å². The minimum atomic E-state index is -3.19. The van der Waals surface area contributed by atoms with Crippen LogP contribution in [0, 0.1) is 5.92 Å². The van der Waals surface area contributed by atoms with Gasteiger partial charge in [0, 0.05) is 17.4 Å². The van der Waals surface area contributed by atoms with Gasteiger partial charge in [-0.25, -0.2) is 8.42 Å². The van der Waals surface area contributed by atoms with Crippen LogP contribution in [0.3, 0.4) is 0 Å². The highest BCUT2D eigenvalue weighted by atomic mass is 32.2. The largest absolute Gasteiger partial charge is 0.382 e. The molecule has 4 nitrogen and oxygen atoms in total. The highest BCUT2D eigenvalue weighted by Crippen LogP contribution is 2.26. The molecule has 0 amide bonds. The van der Waals surface area contributed by atoms with E-state index < -0.39 is 10.0 Å². The van der Waals surface area contributed by atoms with Gasteiger partial charge < -0.3 is 5.32 Å². The second-order valence-corrected chi connectivity index (χ2v) is 7.71. The first kappa shape index (κ1) is 15.2. The van der Waals surface area contributed by atoms with Gasteiger partial charge in [0.15, 0.2) is 0 Å². The fourth-order valence-corrected chi connectivity index (χ4v) is 3.33. The second kappa shape index (κ2) is 6.48. The summed E-state index contributed by atoms with van der Waals surface area (Å²) in [6.45, 7) is 3.93. The summed E-state index contributed by atoms with van der Waals surface area (Å²) in [7, 11) is -3.19. The Bertz CT molecular complexity index is 525. The summed E-state index contributed by atoms with van der Waals surface area (Å²) in [6, 6.07) is 8.03. The number of nitrogens with one attached hydrogen (secondary N) is 2. The lowest BCUT2D eigenvalue weighted by Gasteiger charge is -2.28. The molecule has 1 saturated carbocycles. The third-order valence-electron chi connectivity index (χ3n) is 3.85. The SMILES string of the molecule is CCS(=O)(=O)Nc1ccc(NC2CCCC(C)C2)cc1. The minimum Gasteiger partial charge on any atom is -0.382 e. The third-order valence-corrected chi connectivity index (χ3v) is 5.15. The summed E-state index contributed by atoms with van der Waals surface area (Å²) < 4.78 is 25.5. The number of rotatable bonds is 5. The van der Waals surface area contributed by atoms with Gasteiger partial charge in [-0.15, -0.1) is 0 Å². The molecule has 5 heteroatoms. The number of sulfonamides is 1. The average molecular weight is 296 g/mol. The molecule has 20 heavy (non-hydrogen) atoms. The van der Waals surface area contributed by atoms with Crippen molar-refractivity contribution in [3.63, 3.8) is 0 Å². The molecule has 0 saturated heterocycles. The molecular formula is C15H24N2O2S. The molecule has 2 rings (SSSR count). The van der Waals surface area contributed by atoms with Crippen molar-refractivity contribution >= 4 is 21.4 Å². The maximum absolute atomic E-state index is 11.5. The summed E-state index contributed by atoms with van der Waals surface area (Å²) >= 11 is 0. The number of anilines is 2. The Kier molecular flexibility index (Phi) is 4.91. The second-order valence-electron chi connectivity index (χ2n) is 5.70. The van der Waals surface area contributed by atoms with Crippen molar-refractivity contribution in [1.82, 2.24) is 0 Å². The van der Waals surface area contributed by atoms with Crippen molar-refractivity contribution in [3.8, 4) is 0 Å². The normalized spacial score (nSPS) is 23.3. The van der Waals surface area contributed by atoms with Crippen LogP contribution in [0.5, 0.6) is 0 Å². The van der Waals surface area contributed by atoms with E-state index in [-0.39, 0.29) is 5.75 Å². The van der Waals surface area contributed by atoms with E-state index in [4.69, 9.17) is 0 Å². The van der Waals surface area contributed by atoms with E-state index in [1.54, 1.807) is 6.92 Å². The molecule has 1 aromatic carbocycles. The van der Waals surface area contributed by atoms with Crippen molar-refractivity contribution in [1.29, 1.82) is 0 Å². The molecule has 0 bridgehead atoms. The summed E-state index contributed by atoms with van der Waals surface area (Å²) in [4.78, 5) is 0. The Labute approximate surface area is 122 Å². The lowest BCUT2D eigenvalue weighted by atomic mass is 9.87. The average Bonchev–Trinajstić information content (AvgIpc) is 2.41. The molecule has 0 radical (unpaired) electrons. The van der Waals surface area contributed by atoms with Crippen molar-refractivity contribution in [2.75, 3.05) is 15.8 Å². The van der Waals surface area contributed by atoms with Gasteiger partial charge in [-0.05, 0) is 49.9 Å². The van der Waals surface area contributed by atoms with Crippen molar-refractivity contribution in [2.24, 2.45) is 5.92 Å². The molecule has 0 aliphatic heterocycles. The summed E-state index contributed by atoms with van der Waals surface area (Å²) in [5.74, 6) is 0.879. The minimum absolute atomic E-state index is 0.0902. The molecule has 0 spiro atoms. The molecule has 0 heterocycles. The Balaban J connectivity index is 1.94. The van der Waals surface area contributed by atoms with Crippen LogP contribution in [0.15, 0.2) is 24.3 Å². The van der Waals surface area contributed by atoms with Gasteiger partial charge in [0.2, 0.25) is 10.0 Å². The molecule has 2 N–H and O–H groups in total. The van der Waals surface area contributed by atoms with E-state index in [2.05, 4.69) is 17.0 Å². The van der Waals surface area contributed by atoms with Gasteiger partial charge in [-0.1, -0.05) is 19.8 Å². The van der Waals surface area contributed by atoms with Crippen LogP contribution < -0.4 is 10.0 Å². The van der Waals surface area contributed by atoms with Gasteiger partial charge >= 0.3 is 0 Å². The first-order valence-corrected chi connectivity index (χ1v) is 9.01. The number of hydrogen-bond acceptors (Lipinski definition) is 3. The van der Waals surface area contributed by atoms with Crippen LogP contribution in [0.25, 0.3) is 0 Å². The van der Waals surface area contributed by atoms with E-state index in [1.165, 1.54) is 25.7 Å². The fraction of sp³-hybridized carbons (Fsp3) is 0.600. The van der Waals surface area contributed by atoms with E-state index in [0.29, 0.717) is 11.7 Å². The monoisotopic (exact) mass is 296 g/mol. The Hall–Kier alpha value is -1.23. The highest BCUT2D eigenvalue weighted by Gasteiger charge is 2.18. The fourth-order valence-electron chi connectivity index (χ4n) is 2.69. The standard InChI is InChI=1S/C15H24N2O2S/c1-3-20(18,19)17-14-9-7-13(8-10-14)16-15-6-4-5-12(2)11-15/h7-10,12,15-17H,3-6,11H2,1-2H3. The van der Waals surface area contributed by atoms with Gasteiger partial charge in [-0.3, -0.25) is 4.72 Å². The van der Waals surface area contributed by atoms with Crippen LogP contribution in [-0.4, -0.2) is 20.2 Å². The van der Waals surface area contributed by atoms with Crippen molar-refractivity contribution in [3.05, 3.63) is 24.3 Å². The van der Waals surface area contributed by atoms with Gasteiger partial charge in [0.25, 0.3) is 0 Å². The predicted molar refractivity (Wildman–Crippen MR) is 84.6 cm³/mol. The van der Waals surface area contributed by atoms with Gasteiger partial charge in [0.1, 0.15) is 0 Å². The zero-order valence-corrected chi connectivity index (χ0v) is 13.0. The molecule has 1 aliphatic carbocycles. The molecule has 0 aromatic heterocycles. The molecule has 1 aromatic rings. The van der Waals surface area contributed by atoms with Crippen LogP contribution in [-0.2, 0) is 10.0 Å². The van der Waals surface area contributed by atoms with E-state index in [1.807, 2.05) is 24.3 Å². The Morgan fingerprint density at radius 3 is 2.40 bits per heavy atom. The smallest absolute Gasteiger partial charge is 0.232 e. The van der Waals surface area contributed by atoms with Crippen molar-refractivity contribution < 1.29 is 8.42 Å². The zero-order valence-electron chi connectivity index (χ0n) is 12.2. The van der Waals surface area contributed by atoms with Crippen LogP contribution in [0.4, 0.5) is 11.4 Å². The summed E-state index contributed by atoms with van der Waals surface area (Å²) in [5, 5.41) is 3.54. The molecule has 1 fully saturated rings. The van der Waals surface area contributed by atoms with E-state index >= 15 is 0 Å². The van der Waals surface area contributed by atoms with Crippen molar-refractivity contribution in [2.45, 2.75) is 45.6 Å². The maximum atomic E-state index is 11.5. The first-order chi connectivity index (χ1) is 9.48. The molecule has 112 valence electrons. The topological polar surface area (TPSA) is 58.2 Å². The Morgan fingerprint density at radius 2 is 1.80 bits per heavy atom. The molecule has 2 atom stereocenters. The van der Waals surface area contributed by atoms with E-state index in [9.17, 15) is 8.42 Å².